The van der Waals surface area contributed by atoms with Gasteiger partial charge in [0.15, 0.2) is 0 Å². The number of anilines is 1. The summed E-state index contributed by atoms with van der Waals surface area (Å²) in [6, 6.07) is 25.6. The van der Waals surface area contributed by atoms with Gasteiger partial charge in [-0.05, 0) is 67.1 Å². The number of amides is 1. The summed E-state index contributed by atoms with van der Waals surface area (Å²) >= 11 is 0. The molecule has 1 fully saturated rings. The predicted molar refractivity (Wildman–Crippen MR) is 127 cm³/mol. The molecule has 0 N–H and O–H groups in total. The first-order valence-corrected chi connectivity index (χ1v) is 12.4. The summed E-state index contributed by atoms with van der Waals surface area (Å²) in [5.41, 5.74) is 2.45. The van der Waals surface area contributed by atoms with Gasteiger partial charge in [0.05, 0.1) is 10.6 Å². The number of nitrogens with zero attached hydrogens (tertiary/aromatic N) is 2. The van der Waals surface area contributed by atoms with Crippen LogP contribution < -0.4 is 4.31 Å². The first kappa shape index (κ1) is 22.1. The fourth-order valence-electron chi connectivity index (χ4n) is 4.17. The van der Waals surface area contributed by atoms with E-state index in [4.69, 9.17) is 0 Å². The Labute approximate surface area is 190 Å². The van der Waals surface area contributed by atoms with Gasteiger partial charge in [0.1, 0.15) is 0 Å². The second-order valence-corrected chi connectivity index (χ2v) is 10.2. The number of likely N-dealkylation sites (tertiary alicyclic amines) is 1. The molecule has 1 amide bonds. The van der Waals surface area contributed by atoms with Crippen molar-refractivity contribution < 1.29 is 13.2 Å². The van der Waals surface area contributed by atoms with Gasteiger partial charge in [0, 0.05) is 25.7 Å². The Kier molecular flexibility index (Phi) is 6.61. The van der Waals surface area contributed by atoms with Crippen LogP contribution in [0.25, 0.3) is 0 Å². The first-order valence-electron chi connectivity index (χ1n) is 10.9. The molecule has 0 radical (unpaired) electrons. The zero-order valence-corrected chi connectivity index (χ0v) is 19.0. The van der Waals surface area contributed by atoms with Crippen LogP contribution in [-0.4, -0.2) is 39.4 Å². The van der Waals surface area contributed by atoms with E-state index in [-0.39, 0.29) is 10.8 Å². The molecule has 32 heavy (non-hydrogen) atoms. The minimum absolute atomic E-state index is 0.00304. The molecule has 1 heterocycles. The Hall–Kier alpha value is -3.12. The van der Waals surface area contributed by atoms with Crippen LogP contribution >= 0.6 is 0 Å². The average Bonchev–Trinajstić information content (AvgIpc) is 2.85. The lowest BCUT2D eigenvalue weighted by atomic mass is 9.90. The number of carbonyl (C=O) groups excluding carboxylic acids is 1. The molecule has 6 heteroatoms. The van der Waals surface area contributed by atoms with Crippen LogP contribution in [0.15, 0.2) is 89.8 Å². The molecule has 5 nitrogen and oxygen atoms in total. The smallest absolute Gasteiger partial charge is 0.264 e. The number of rotatable bonds is 6. The van der Waals surface area contributed by atoms with Crippen LogP contribution in [-0.2, 0) is 16.4 Å². The maximum Gasteiger partial charge on any atom is 0.264 e. The Morgan fingerprint density at radius 2 is 1.44 bits per heavy atom. The molecule has 0 spiro atoms. The van der Waals surface area contributed by atoms with E-state index in [0.717, 1.165) is 32.4 Å². The Morgan fingerprint density at radius 1 is 0.875 bits per heavy atom. The standard InChI is InChI=1S/C26H28N2O3S/c1-27(32(30,31)25-10-6-3-7-11-25)24-14-12-23(13-15-24)26(29)28-18-16-22(17-19-28)20-21-8-4-2-5-9-21/h2-15,22H,16-20H2,1H3. The van der Waals surface area contributed by atoms with Crippen molar-refractivity contribution >= 4 is 21.6 Å². The minimum Gasteiger partial charge on any atom is -0.339 e. The van der Waals surface area contributed by atoms with E-state index in [9.17, 15) is 13.2 Å². The largest absolute Gasteiger partial charge is 0.339 e. The predicted octanol–water partition coefficient (Wildman–Crippen LogP) is 4.61. The van der Waals surface area contributed by atoms with Crippen molar-refractivity contribution in [1.82, 2.24) is 4.90 Å². The van der Waals surface area contributed by atoms with Gasteiger partial charge in [-0.3, -0.25) is 9.10 Å². The van der Waals surface area contributed by atoms with Gasteiger partial charge in [0.25, 0.3) is 15.9 Å². The number of hydrogen-bond acceptors (Lipinski definition) is 3. The van der Waals surface area contributed by atoms with Gasteiger partial charge in [-0.1, -0.05) is 48.5 Å². The molecule has 0 aliphatic carbocycles. The summed E-state index contributed by atoms with van der Waals surface area (Å²) in [5, 5.41) is 0. The Bertz CT molecular complexity index is 1140. The number of benzene rings is 3. The molecular weight excluding hydrogens is 420 g/mol. The zero-order chi connectivity index (χ0) is 22.6. The van der Waals surface area contributed by atoms with Gasteiger partial charge < -0.3 is 4.90 Å². The highest BCUT2D eigenvalue weighted by atomic mass is 32.2. The van der Waals surface area contributed by atoms with Crippen LogP contribution in [0, 0.1) is 5.92 Å². The van der Waals surface area contributed by atoms with E-state index in [1.807, 2.05) is 11.0 Å². The summed E-state index contributed by atoms with van der Waals surface area (Å²) in [7, 11) is -2.12. The molecule has 1 aliphatic rings. The van der Waals surface area contributed by atoms with Crippen molar-refractivity contribution in [1.29, 1.82) is 0 Å². The fourth-order valence-corrected chi connectivity index (χ4v) is 5.39. The maximum absolute atomic E-state index is 13.0. The number of piperidine rings is 1. The van der Waals surface area contributed by atoms with Crippen LogP contribution in [0.2, 0.25) is 0 Å². The number of carbonyl (C=O) groups is 1. The fraction of sp³-hybridized carbons (Fsp3) is 0.269. The van der Waals surface area contributed by atoms with Gasteiger partial charge >= 0.3 is 0 Å². The number of sulfonamides is 1. The second-order valence-electron chi connectivity index (χ2n) is 8.26. The average molecular weight is 449 g/mol. The van der Waals surface area contributed by atoms with E-state index in [2.05, 4.69) is 24.3 Å². The molecule has 3 aromatic rings. The lowest BCUT2D eigenvalue weighted by Gasteiger charge is -2.32. The summed E-state index contributed by atoms with van der Waals surface area (Å²) in [5.74, 6) is 0.601. The van der Waals surface area contributed by atoms with E-state index in [0.29, 0.717) is 17.2 Å². The SMILES string of the molecule is CN(c1ccc(C(=O)N2CCC(Cc3ccccc3)CC2)cc1)S(=O)(=O)c1ccccc1. The molecular formula is C26H28N2O3S. The van der Waals surface area contributed by atoms with Gasteiger partial charge in [-0.25, -0.2) is 8.42 Å². The lowest BCUT2D eigenvalue weighted by Crippen LogP contribution is -2.38. The zero-order valence-electron chi connectivity index (χ0n) is 18.2. The third-order valence-electron chi connectivity index (χ3n) is 6.15. The Balaban J connectivity index is 1.37. The van der Waals surface area contributed by atoms with Crippen LogP contribution in [0.1, 0.15) is 28.8 Å². The monoisotopic (exact) mass is 448 g/mol. The molecule has 3 aromatic carbocycles. The highest BCUT2D eigenvalue weighted by molar-refractivity contribution is 7.92. The van der Waals surface area contributed by atoms with Crippen molar-refractivity contribution in [3.8, 4) is 0 Å². The molecule has 4 rings (SSSR count). The Morgan fingerprint density at radius 3 is 2.03 bits per heavy atom. The summed E-state index contributed by atoms with van der Waals surface area (Å²) in [6.07, 6.45) is 3.05. The molecule has 0 bridgehead atoms. The molecule has 0 atom stereocenters. The van der Waals surface area contributed by atoms with Crippen molar-refractivity contribution in [2.75, 3.05) is 24.4 Å². The third kappa shape index (κ3) is 4.86. The summed E-state index contributed by atoms with van der Waals surface area (Å²) < 4.78 is 26.9. The molecule has 0 unspecified atom stereocenters. The second kappa shape index (κ2) is 9.57. The van der Waals surface area contributed by atoms with Gasteiger partial charge in [-0.15, -0.1) is 0 Å². The van der Waals surface area contributed by atoms with E-state index in [1.54, 1.807) is 54.6 Å². The summed E-state index contributed by atoms with van der Waals surface area (Å²) in [6.45, 7) is 1.50. The van der Waals surface area contributed by atoms with Gasteiger partial charge in [0.2, 0.25) is 0 Å². The first-order chi connectivity index (χ1) is 15.4. The molecule has 1 aliphatic heterocycles. The molecule has 0 aromatic heterocycles. The normalized spacial score (nSPS) is 14.8. The molecule has 1 saturated heterocycles. The highest BCUT2D eigenvalue weighted by Gasteiger charge is 2.25. The number of hydrogen-bond donors (Lipinski definition) is 0. The van der Waals surface area contributed by atoms with E-state index >= 15 is 0 Å². The van der Waals surface area contributed by atoms with E-state index in [1.165, 1.54) is 16.9 Å². The topological polar surface area (TPSA) is 57.7 Å². The van der Waals surface area contributed by atoms with Crippen LogP contribution in [0.5, 0.6) is 0 Å². The maximum atomic E-state index is 13.0. The highest BCUT2D eigenvalue weighted by Crippen LogP contribution is 2.25. The lowest BCUT2D eigenvalue weighted by molar-refractivity contribution is 0.0690. The van der Waals surface area contributed by atoms with Gasteiger partial charge in [-0.2, -0.15) is 0 Å². The van der Waals surface area contributed by atoms with Crippen molar-refractivity contribution in [2.45, 2.75) is 24.2 Å². The molecule has 0 saturated carbocycles. The van der Waals surface area contributed by atoms with E-state index < -0.39 is 10.0 Å². The van der Waals surface area contributed by atoms with Crippen molar-refractivity contribution in [3.05, 3.63) is 96.1 Å². The summed E-state index contributed by atoms with van der Waals surface area (Å²) in [4.78, 5) is 15.1. The van der Waals surface area contributed by atoms with Crippen LogP contribution in [0.3, 0.4) is 0 Å². The van der Waals surface area contributed by atoms with Crippen LogP contribution in [0.4, 0.5) is 5.69 Å². The van der Waals surface area contributed by atoms with Crippen molar-refractivity contribution in [2.24, 2.45) is 5.92 Å². The van der Waals surface area contributed by atoms with Crippen molar-refractivity contribution in [3.63, 3.8) is 0 Å². The molecule has 166 valence electrons. The minimum atomic E-state index is -3.64. The third-order valence-corrected chi connectivity index (χ3v) is 7.95. The quantitative estimate of drug-likeness (QED) is 0.553.